The Balaban J connectivity index is 1.32. The monoisotopic (exact) mass is 516 g/mol. The van der Waals surface area contributed by atoms with Crippen LogP contribution in [0.5, 0.6) is 5.75 Å². The summed E-state index contributed by atoms with van der Waals surface area (Å²) in [5, 5.41) is 7.78. The molecule has 0 N–H and O–H groups in total. The van der Waals surface area contributed by atoms with Gasteiger partial charge >= 0.3 is 0 Å². The number of hydrogen-bond donors (Lipinski definition) is 0. The molecule has 0 unspecified atom stereocenters. The van der Waals surface area contributed by atoms with Gasteiger partial charge in [0.2, 0.25) is 5.89 Å². The van der Waals surface area contributed by atoms with Gasteiger partial charge < -0.3 is 9.15 Å². The Morgan fingerprint density at radius 1 is 1.20 bits per heavy atom. The smallest absolute Gasteiger partial charge is 0.218 e. The third-order valence-corrected chi connectivity index (χ3v) is 6.91. The van der Waals surface area contributed by atoms with E-state index in [4.69, 9.17) is 20.8 Å². The average molecular weight is 517 g/mol. The highest BCUT2D eigenvalue weighted by Crippen LogP contribution is 2.21. The third kappa shape index (κ3) is 7.00. The summed E-state index contributed by atoms with van der Waals surface area (Å²) in [4.78, 5) is 4.30. The van der Waals surface area contributed by atoms with Crippen LogP contribution in [0, 0.1) is 12.7 Å². The number of halogens is 2. The lowest BCUT2D eigenvalue weighted by Gasteiger charge is -2.10. The summed E-state index contributed by atoms with van der Waals surface area (Å²) in [5.74, 6) is 0.351. The summed E-state index contributed by atoms with van der Waals surface area (Å²) in [5.41, 5.74) is 2.43. The zero-order chi connectivity index (χ0) is 24.8. The van der Waals surface area contributed by atoms with E-state index in [1.807, 2.05) is 6.92 Å². The lowest BCUT2D eigenvalue weighted by atomic mass is 10.1. The minimum absolute atomic E-state index is 0.0261. The van der Waals surface area contributed by atoms with Crippen LogP contribution in [-0.4, -0.2) is 34.1 Å². The van der Waals surface area contributed by atoms with E-state index in [0.29, 0.717) is 33.5 Å². The van der Waals surface area contributed by atoms with Crippen molar-refractivity contribution in [3.63, 3.8) is 0 Å². The van der Waals surface area contributed by atoms with E-state index in [2.05, 4.69) is 15.3 Å². The third-order valence-electron chi connectivity index (χ3n) is 5.12. The second-order valence-electron chi connectivity index (χ2n) is 7.81. The van der Waals surface area contributed by atoms with E-state index in [1.54, 1.807) is 48.7 Å². The highest BCUT2D eigenvalue weighted by molar-refractivity contribution is 7.90. The van der Waals surface area contributed by atoms with Gasteiger partial charge in [-0.2, -0.15) is 0 Å². The number of benzene rings is 2. The minimum Gasteiger partial charge on any atom is -0.487 e. The quantitative estimate of drug-likeness (QED) is 0.300. The first-order valence-electron chi connectivity index (χ1n) is 10.6. The molecule has 2 aromatic carbocycles. The number of aromatic nitrogens is 4. The van der Waals surface area contributed by atoms with Gasteiger partial charge in [-0.25, -0.2) is 17.8 Å². The Labute approximate surface area is 206 Å². The van der Waals surface area contributed by atoms with Gasteiger partial charge in [-0.05, 0) is 48.4 Å². The standard InChI is InChI=1S/C24H22ClFN4O4S/c1-17-12-22(6-3-19(17)16-35(31,32)11-10-30-9-8-27-29-30)33-14-21-15-34-24(28-21)7-4-18-2-5-20(25)13-23(18)26/h2-9,12-13,15H,10-11,14,16H2,1H3/b7-4+. The summed E-state index contributed by atoms with van der Waals surface area (Å²) in [6.45, 7) is 2.25. The molecule has 0 bridgehead atoms. The van der Waals surface area contributed by atoms with Crippen LogP contribution >= 0.6 is 11.6 Å². The van der Waals surface area contributed by atoms with Gasteiger partial charge in [-0.15, -0.1) is 5.10 Å². The van der Waals surface area contributed by atoms with E-state index in [1.165, 1.54) is 23.2 Å². The predicted molar refractivity (Wildman–Crippen MR) is 130 cm³/mol. The molecule has 8 nitrogen and oxygen atoms in total. The molecule has 0 radical (unpaired) electrons. The van der Waals surface area contributed by atoms with Crippen LogP contribution in [0.25, 0.3) is 12.2 Å². The van der Waals surface area contributed by atoms with Gasteiger partial charge in [0.1, 0.15) is 30.1 Å². The van der Waals surface area contributed by atoms with E-state index < -0.39 is 15.7 Å². The van der Waals surface area contributed by atoms with Crippen LogP contribution in [0.3, 0.4) is 0 Å². The highest BCUT2D eigenvalue weighted by atomic mass is 35.5. The van der Waals surface area contributed by atoms with Gasteiger partial charge in [0.25, 0.3) is 0 Å². The number of hydrogen-bond acceptors (Lipinski definition) is 7. The van der Waals surface area contributed by atoms with Gasteiger partial charge in [-0.1, -0.05) is 28.9 Å². The molecule has 0 fully saturated rings. The van der Waals surface area contributed by atoms with Crippen molar-refractivity contribution in [2.45, 2.75) is 25.8 Å². The van der Waals surface area contributed by atoms with Crippen molar-refractivity contribution >= 4 is 33.6 Å². The van der Waals surface area contributed by atoms with Crippen molar-refractivity contribution in [2.75, 3.05) is 5.75 Å². The van der Waals surface area contributed by atoms with Crippen LogP contribution in [0.15, 0.2) is 59.5 Å². The van der Waals surface area contributed by atoms with Crippen molar-refractivity contribution in [1.29, 1.82) is 0 Å². The first-order valence-corrected chi connectivity index (χ1v) is 12.8. The number of oxazole rings is 1. The number of ether oxygens (including phenoxy) is 1. The molecule has 0 saturated heterocycles. The number of sulfone groups is 1. The summed E-state index contributed by atoms with van der Waals surface area (Å²) < 4.78 is 51.5. The van der Waals surface area contributed by atoms with Crippen LogP contribution in [0.1, 0.15) is 28.3 Å². The van der Waals surface area contributed by atoms with Gasteiger partial charge in [0.15, 0.2) is 9.84 Å². The molecule has 11 heteroatoms. The predicted octanol–water partition coefficient (Wildman–Crippen LogP) is 4.73. The van der Waals surface area contributed by atoms with Gasteiger partial charge in [-0.3, -0.25) is 4.68 Å². The molecule has 4 rings (SSSR count). The molecule has 4 aromatic rings. The van der Waals surface area contributed by atoms with Gasteiger partial charge in [0, 0.05) is 22.9 Å². The molecule has 0 atom stereocenters. The van der Waals surface area contributed by atoms with Crippen molar-refractivity contribution in [3.05, 3.63) is 94.2 Å². The summed E-state index contributed by atoms with van der Waals surface area (Å²) in [6, 6.07) is 9.65. The summed E-state index contributed by atoms with van der Waals surface area (Å²) >= 11 is 5.76. The number of nitrogens with zero attached hydrogens (tertiary/aromatic N) is 4. The summed E-state index contributed by atoms with van der Waals surface area (Å²) in [6.07, 6.45) is 7.69. The first-order chi connectivity index (χ1) is 16.8. The fraction of sp³-hybridized carbons (Fsp3) is 0.208. The molecule has 0 saturated carbocycles. The fourth-order valence-corrected chi connectivity index (χ4v) is 4.80. The average Bonchev–Trinajstić information content (AvgIpc) is 3.49. The molecule has 0 spiro atoms. The lowest BCUT2D eigenvalue weighted by molar-refractivity contribution is 0.300. The maximum Gasteiger partial charge on any atom is 0.218 e. The fourth-order valence-electron chi connectivity index (χ4n) is 3.23. The maximum atomic E-state index is 13.9. The van der Waals surface area contributed by atoms with E-state index >= 15 is 0 Å². The van der Waals surface area contributed by atoms with E-state index in [0.717, 1.165) is 5.56 Å². The SMILES string of the molecule is Cc1cc(OCc2coc(/C=C/c3ccc(Cl)cc3F)n2)ccc1CS(=O)(=O)CCn1ccnn1. The summed E-state index contributed by atoms with van der Waals surface area (Å²) in [7, 11) is -3.32. The van der Waals surface area contributed by atoms with Crippen LogP contribution in [-0.2, 0) is 28.7 Å². The zero-order valence-electron chi connectivity index (χ0n) is 18.8. The zero-order valence-corrected chi connectivity index (χ0v) is 20.3. The van der Waals surface area contributed by atoms with Crippen molar-refractivity contribution in [3.8, 4) is 5.75 Å². The Bertz CT molecular complexity index is 1440. The molecular formula is C24H22ClFN4O4S. The Hall–Kier alpha value is -3.50. The first kappa shape index (κ1) is 24.6. The largest absolute Gasteiger partial charge is 0.487 e. The molecule has 0 aliphatic rings. The molecule has 0 aliphatic carbocycles. The number of aryl methyl sites for hydroxylation is 2. The Morgan fingerprint density at radius 3 is 2.80 bits per heavy atom. The van der Waals surface area contributed by atoms with Crippen LogP contribution < -0.4 is 4.74 Å². The molecular weight excluding hydrogens is 495 g/mol. The highest BCUT2D eigenvalue weighted by Gasteiger charge is 2.15. The lowest BCUT2D eigenvalue weighted by Crippen LogP contribution is -2.15. The number of rotatable bonds is 10. The minimum atomic E-state index is -3.32. The van der Waals surface area contributed by atoms with Crippen molar-refractivity contribution in [2.24, 2.45) is 0 Å². The van der Waals surface area contributed by atoms with Crippen molar-refractivity contribution < 1.29 is 22.0 Å². The van der Waals surface area contributed by atoms with E-state index in [-0.39, 0.29) is 24.7 Å². The van der Waals surface area contributed by atoms with Crippen molar-refractivity contribution in [1.82, 2.24) is 20.0 Å². The molecule has 0 amide bonds. The van der Waals surface area contributed by atoms with E-state index in [9.17, 15) is 12.8 Å². The molecule has 2 heterocycles. The topological polar surface area (TPSA) is 100 Å². The Kier molecular flexibility index (Phi) is 7.62. The maximum absolute atomic E-state index is 13.9. The van der Waals surface area contributed by atoms with Gasteiger partial charge in [0.05, 0.1) is 24.2 Å². The van der Waals surface area contributed by atoms with Crippen LogP contribution in [0.4, 0.5) is 4.39 Å². The Morgan fingerprint density at radius 2 is 2.06 bits per heavy atom. The second kappa shape index (κ2) is 10.8. The molecule has 0 aliphatic heterocycles. The normalized spacial score (nSPS) is 11.9. The van der Waals surface area contributed by atoms with Crippen LogP contribution in [0.2, 0.25) is 5.02 Å². The molecule has 2 aromatic heterocycles. The molecule has 182 valence electrons. The molecule has 35 heavy (non-hydrogen) atoms. The second-order valence-corrected chi connectivity index (χ2v) is 10.4.